The molecule has 5 nitrogen and oxygen atoms in total. The Morgan fingerprint density at radius 1 is 1.19 bits per heavy atom. The minimum absolute atomic E-state index is 0.113. The number of phenolic OH excluding ortho intramolecular Hbond substituents is 1. The number of nitrogens with one attached hydrogen (secondary N) is 1. The summed E-state index contributed by atoms with van der Waals surface area (Å²) in [6, 6.07) is 13.3. The fourth-order valence-electron chi connectivity index (χ4n) is 2.38. The van der Waals surface area contributed by atoms with Crippen LogP contribution in [0.25, 0.3) is 6.08 Å². The lowest BCUT2D eigenvalue weighted by Crippen LogP contribution is -2.31. The SMILES string of the molecule is O=C(CCN1C(=O)/C(=C/c2ccc(Cl)cc2)SC1=S)Nc1ccc(O)cc1. The van der Waals surface area contributed by atoms with Gasteiger partial charge in [-0.15, -0.1) is 0 Å². The molecule has 2 amide bonds. The van der Waals surface area contributed by atoms with E-state index in [1.807, 2.05) is 12.1 Å². The van der Waals surface area contributed by atoms with E-state index in [2.05, 4.69) is 5.32 Å². The van der Waals surface area contributed by atoms with E-state index >= 15 is 0 Å². The number of hydrogen-bond donors (Lipinski definition) is 2. The molecule has 138 valence electrons. The zero-order valence-electron chi connectivity index (χ0n) is 14.0. The van der Waals surface area contributed by atoms with E-state index in [-0.39, 0.29) is 30.5 Å². The van der Waals surface area contributed by atoms with Gasteiger partial charge in [-0.2, -0.15) is 0 Å². The second-order valence-corrected chi connectivity index (χ2v) is 7.84. The third-order valence-corrected chi connectivity index (χ3v) is 5.38. The van der Waals surface area contributed by atoms with Gasteiger partial charge in [-0.05, 0) is 48.0 Å². The first-order valence-electron chi connectivity index (χ1n) is 8.02. The average Bonchev–Trinajstić information content (AvgIpc) is 2.90. The van der Waals surface area contributed by atoms with E-state index in [1.54, 1.807) is 30.3 Å². The second kappa shape index (κ2) is 8.56. The number of thioether (sulfide) groups is 1. The van der Waals surface area contributed by atoms with Crippen molar-refractivity contribution in [3.63, 3.8) is 0 Å². The first-order valence-corrected chi connectivity index (χ1v) is 9.62. The van der Waals surface area contributed by atoms with E-state index in [0.29, 0.717) is 19.9 Å². The minimum Gasteiger partial charge on any atom is -0.508 e. The quantitative estimate of drug-likeness (QED) is 0.431. The molecule has 3 rings (SSSR count). The van der Waals surface area contributed by atoms with E-state index in [0.717, 1.165) is 5.56 Å². The van der Waals surface area contributed by atoms with Gasteiger partial charge in [0.05, 0.1) is 4.91 Å². The summed E-state index contributed by atoms with van der Waals surface area (Å²) >= 11 is 12.4. The van der Waals surface area contributed by atoms with Crippen LogP contribution in [0.15, 0.2) is 53.4 Å². The summed E-state index contributed by atoms with van der Waals surface area (Å²) in [5.41, 5.74) is 1.43. The third-order valence-electron chi connectivity index (χ3n) is 3.75. The number of carbonyl (C=O) groups is 2. The zero-order chi connectivity index (χ0) is 19.4. The van der Waals surface area contributed by atoms with Gasteiger partial charge in [0.25, 0.3) is 5.91 Å². The Morgan fingerprint density at radius 3 is 2.52 bits per heavy atom. The number of aromatic hydroxyl groups is 1. The highest BCUT2D eigenvalue weighted by Gasteiger charge is 2.32. The maximum atomic E-state index is 12.6. The van der Waals surface area contributed by atoms with E-state index in [9.17, 15) is 14.7 Å². The van der Waals surface area contributed by atoms with Crippen LogP contribution in [0.3, 0.4) is 0 Å². The predicted molar refractivity (Wildman–Crippen MR) is 113 cm³/mol. The summed E-state index contributed by atoms with van der Waals surface area (Å²) < 4.78 is 0.428. The first kappa shape index (κ1) is 19.4. The number of amides is 2. The number of hydrogen-bond acceptors (Lipinski definition) is 5. The van der Waals surface area contributed by atoms with Gasteiger partial charge in [-0.25, -0.2) is 0 Å². The van der Waals surface area contributed by atoms with Crippen LogP contribution in [0.2, 0.25) is 5.02 Å². The van der Waals surface area contributed by atoms with Crippen molar-refractivity contribution in [2.45, 2.75) is 6.42 Å². The topological polar surface area (TPSA) is 69.6 Å². The molecule has 0 aromatic heterocycles. The monoisotopic (exact) mass is 418 g/mol. The lowest BCUT2D eigenvalue weighted by Gasteiger charge is -2.14. The highest BCUT2D eigenvalue weighted by atomic mass is 35.5. The van der Waals surface area contributed by atoms with Crippen molar-refractivity contribution >= 4 is 63.5 Å². The molecule has 2 N–H and O–H groups in total. The largest absolute Gasteiger partial charge is 0.508 e. The summed E-state index contributed by atoms with van der Waals surface area (Å²) in [6.45, 7) is 0.201. The molecule has 8 heteroatoms. The van der Waals surface area contributed by atoms with Crippen molar-refractivity contribution in [3.8, 4) is 5.75 Å². The molecule has 0 radical (unpaired) electrons. The van der Waals surface area contributed by atoms with E-state index < -0.39 is 0 Å². The number of thiocarbonyl (C=S) groups is 1. The molecule has 0 bridgehead atoms. The predicted octanol–water partition coefficient (Wildman–Crippen LogP) is 4.28. The molecule has 1 fully saturated rings. The maximum Gasteiger partial charge on any atom is 0.266 e. The van der Waals surface area contributed by atoms with Crippen LogP contribution in [0.5, 0.6) is 5.75 Å². The molecular weight excluding hydrogens is 404 g/mol. The Morgan fingerprint density at radius 2 is 1.85 bits per heavy atom. The van der Waals surface area contributed by atoms with Crippen molar-refractivity contribution < 1.29 is 14.7 Å². The summed E-state index contributed by atoms with van der Waals surface area (Å²) in [4.78, 5) is 26.6. The number of benzene rings is 2. The van der Waals surface area contributed by atoms with E-state index in [4.69, 9.17) is 23.8 Å². The average molecular weight is 419 g/mol. The summed E-state index contributed by atoms with van der Waals surface area (Å²) in [7, 11) is 0. The molecule has 1 aliphatic rings. The molecule has 0 atom stereocenters. The fourth-order valence-corrected chi connectivity index (χ4v) is 3.82. The van der Waals surface area contributed by atoms with Gasteiger partial charge in [-0.1, -0.05) is 47.7 Å². The highest BCUT2D eigenvalue weighted by molar-refractivity contribution is 8.26. The van der Waals surface area contributed by atoms with Crippen LogP contribution in [-0.2, 0) is 9.59 Å². The smallest absolute Gasteiger partial charge is 0.266 e. The summed E-state index contributed by atoms with van der Waals surface area (Å²) in [5, 5.41) is 12.6. The number of anilines is 1. The van der Waals surface area contributed by atoms with Gasteiger partial charge in [0.2, 0.25) is 5.91 Å². The Kier molecular flexibility index (Phi) is 6.15. The second-order valence-electron chi connectivity index (χ2n) is 5.73. The number of carbonyl (C=O) groups excluding carboxylic acids is 2. The summed E-state index contributed by atoms with van der Waals surface area (Å²) in [5.74, 6) is -0.327. The van der Waals surface area contributed by atoms with Crippen LogP contribution >= 0.6 is 35.6 Å². The number of halogens is 1. The van der Waals surface area contributed by atoms with Crippen molar-refractivity contribution in [2.75, 3.05) is 11.9 Å². The molecular formula is C19H15ClN2O3S2. The van der Waals surface area contributed by atoms with Gasteiger partial charge in [0.1, 0.15) is 10.1 Å². The van der Waals surface area contributed by atoms with Gasteiger partial charge in [-0.3, -0.25) is 14.5 Å². The molecule has 0 spiro atoms. The molecule has 0 saturated carbocycles. The fraction of sp³-hybridized carbons (Fsp3) is 0.105. The van der Waals surface area contributed by atoms with Gasteiger partial charge in [0.15, 0.2) is 0 Å². The normalized spacial score (nSPS) is 15.4. The molecule has 0 unspecified atom stereocenters. The van der Waals surface area contributed by atoms with Gasteiger partial charge < -0.3 is 10.4 Å². The molecule has 1 saturated heterocycles. The highest BCUT2D eigenvalue weighted by Crippen LogP contribution is 2.32. The van der Waals surface area contributed by atoms with Crippen molar-refractivity contribution in [1.82, 2.24) is 4.90 Å². The van der Waals surface area contributed by atoms with Crippen LogP contribution < -0.4 is 5.32 Å². The Bertz CT molecular complexity index is 912. The molecule has 1 aliphatic heterocycles. The Hall–Kier alpha value is -2.35. The molecule has 27 heavy (non-hydrogen) atoms. The van der Waals surface area contributed by atoms with Crippen LogP contribution in [0.1, 0.15) is 12.0 Å². The molecule has 2 aromatic rings. The Balaban J connectivity index is 1.59. The number of phenols is 1. The van der Waals surface area contributed by atoms with Crippen molar-refractivity contribution in [2.24, 2.45) is 0 Å². The van der Waals surface area contributed by atoms with Crippen LogP contribution in [-0.4, -0.2) is 32.7 Å². The molecule has 1 heterocycles. The van der Waals surface area contributed by atoms with Crippen molar-refractivity contribution in [3.05, 3.63) is 64.0 Å². The van der Waals surface area contributed by atoms with Gasteiger partial charge >= 0.3 is 0 Å². The standard InChI is InChI=1S/C19H15ClN2O3S2/c20-13-3-1-12(2-4-13)11-16-18(25)22(19(26)27-16)10-9-17(24)21-14-5-7-15(23)8-6-14/h1-8,11,23H,9-10H2,(H,21,24)/b16-11-. The molecule has 2 aromatic carbocycles. The lowest BCUT2D eigenvalue weighted by atomic mass is 10.2. The van der Waals surface area contributed by atoms with Crippen LogP contribution in [0.4, 0.5) is 5.69 Å². The Labute approximate surface area is 171 Å². The number of nitrogens with zero attached hydrogens (tertiary/aromatic N) is 1. The summed E-state index contributed by atoms with van der Waals surface area (Å²) in [6.07, 6.45) is 1.87. The number of rotatable bonds is 5. The van der Waals surface area contributed by atoms with E-state index in [1.165, 1.54) is 28.8 Å². The van der Waals surface area contributed by atoms with Crippen LogP contribution in [0, 0.1) is 0 Å². The van der Waals surface area contributed by atoms with Gasteiger partial charge in [0, 0.05) is 23.7 Å². The molecule has 0 aliphatic carbocycles. The zero-order valence-corrected chi connectivity index (χ0v) is 16.4. The lowest BCUT2D eigenvalue weighted by molar-refractivity contribution is -0.122. The first-order chi connectivity index (χ1) is 12.9. The van der Waals surface area contributed by atoms with Crippen molar-refractivity contribution in [1.29, 1.82) is 0 Å². The maximum absolute atomic E-state index is 12.6. The third kappa shape index (κ3) is 5.09. The minimum atomic E-state index is -0.239.